The highest BCUT2D eigenvalue weighted by Gasteiger charge is 2.26. The van der Waals surface area contributed by atoms with Crippen LogP contribution in [0, 0.1) is 0 Å². The van der Waals surface area contributed by atoms with Crippen molar-refractivity contribution < 1.29 is 19.1 Å². The molecule has 0 N–H and O–H groups in total. The summed E-state index contributed by atoms with van der Waals surface area (Å²) in [6.45, 7) is 8.37. The van der Waals surface area contributed by atoms with E-state index in [9.17, 15) is 9.59 Å². The van der Waals surface area contributed by atoms with Crippen LogP contribution in [-0.2, 0) is 16.0 Å². The monoisotopic (exact) mass is 438 g/mol. The first-order valence-corrected chi connectivity index (χ1v) is 11.3. The van der Waals surface area contributed by atoms with E-state index in [1.807, 2.05) is 58.3 Å². The van der Waals surface area contributed by atoms with Crippen molar-refractivity contribution in [2.75, 3.05) is 33.3 Å². The van der Waals surface area contributed by atoms with Gasteiger partial charge in [0.05, 0.1) is 13.5 Å². The molecule has 2 aromatic rings. The van der Waals surface area contributed by atoms with E-state index in [1.54, 1.807) is 14.0 Å². The summed E-state index contributed by atoms with van der Waals surface area (Å²) in [4.78, 5) is 29.5. The summed E-state index contributed by atoms with van der Waals surface area (Å²) >= 11 is 0. The highest BCUT2D eigenvalue weighted by atomic mass is 16.5. The number of hydrogen-bond acceptors (Lipinski definition) is 4. The highest BCUT2D eigenvalue weighted by Crippen LogP contribution is 2.27. The van der Waals surface area contributed by atoms with Gasteiger partial charge in [0.2, 0.25) is 5.91 Å². The molecule has 1 saturated heterocycles. The van der Waals surface area contributed by atoms with Gasteiger partial charge in [-0.3, -0.25) is 9.59 Å². The Morgan fingerprint density at radius 3 is 2.25 bits per heavy atom. The summed E-state index contributed by atoms with van der Waals surface area (Å²) in [5, 5.41) is 0. The van der Waals surface area contributed by atoms with E-state index in [0.29, 0.717) is 38.5 Å². The predicted octanol–water partition coefficient (Wildman–Crippen LogP) is 3.89. The van der Waals surface area contributed by atoms with E-state index in [2.05, 4.69) is 13.8 Å². The third kappa shape index (κ3) is 6.02. The summed E-state index contributed by atoms with van der Waals surface area (Å²) in [6.07, 6.45) is 0.537. The Bertz CT molecular complexity index is 910. The van der Waals surface area contributed by atoms with E-state index in [4.69, 9.17) is 9.47 Å². The Kier molecular flexibility index (Phi) is 8.14. The van der Waals surface area contributed by atoms with Gasteiger partial charge in [-0.25, -0.2) is 0 Å². The first-order valence-electron chi connectivity index (χ1n) is 11.3. The number of ether oxygens (including phenoxy) is 2. The molecule has 1 atom stereocenters. The molecule has 6 heteroatoms. The van der Waals surface area contributed by atoms with E-state index < -0.39 is 6.10 Å². The van der Waals surface area contributed by atoms with E-state index >= 15 is 0 Å². The van der Waals surface area contributed by atoms with Crippen LogP contribution >= 0.6 is 0 Å². The number of nitrogens with zero attached hydrogens (tertiary/aromatic N) is 2. The maximum atomic E-state index is 13.0. The molecule has 0 aromatic heterocycles. The van der Waals surface area contributed by atoms with Crippen LogP contribution in [0.3, 0.4) is 0 Å². The minimum absolute atomic E-state index is 0.0342. The van der Waals surface area contributed by atoms with Gasteiger partial charge in [0.1, 0.15) is 11.5 Å². The molecular weight excluding hydrogens is 404 g/mol. The van der Waals surface area contributed by atoms with Crippen LogP contribution < -0.4 is 9.47 Å². The van der Waals surface area contributed by atoms with Crippen molar-refractivity contribution in [3.05, 3.63) is 59.7 Å². The topological polar surface area (TPSA) is 59.1 Å². The van der Waals surface area contributed by atoms with Crippen LogP contribution in [0.5, 0.6) is 11.5 Å². The van der Waals surface area contributed by atoms with Crippen molar-refractivity contribution in [1.29, 1.82) is 0 Å². The molecule has 172 valence electrons. The van der Waals surface area contributed by atoms with Crippen LogP contribution in [0.25, 0.3) is 0 Å². The molecule has 3 rings (SSSR count). The number of hydrogen-bond donors (Lipinski definition) is 0. The Morgan fingerprint density at radius 2 is 1.56 bits per heavy atom. The van der Waals surface area contributed by atoms with Gasteiger partial charge in [0.15, 0.2) is 6.10 Å². The number of amides is 2. The van der Waals surface area contributed by atoms with Gasteiger partial charge in [0.25, 0.3) is 5.91 Å². The minimum Gasteiger partial charge on any atom is -0.497 e. The normalized spacial score (nSPS) is 15.3. The first-order chi connectivity index (χ1) is 15.4. The number of carbonyl (C=O) groups is 2. The molecular formula is C26H34N2O4. The van der Waals surface area contributed by atoms with Crippen molar-refractivity contribution in [2.24, 2.45) is 0 Å². The molecule has 2 amide bonds. The lowest BCUT2D eigenvalue weighted by Crippen LogP contribution is -2.43. The SMILES string of the molecule is COc1ccc(CC(=O)N2CCCN(C(=O)C(C)Oc3ccccc3C(C)C)CC2)cc1. The predicted molar refractivity (Wildman–Crippen MR) is 125 cm³/mol. The molecule has 0 aliphatic carbocycles. The zero-order valence-corrected chi connectivity index (χ0v) is 19.5. The van der Waals surface area contributed by atoms with Crippen molar-refractivity contribution >= 4 is 11.8 Å². The fourth-order valence-corrected chi connectivity index (χ4v) is 3.98. The third-order valence-corrected chi connectivity index (χ3v) is 5.87. The van der Waals surface area contributed by atoms with Gasteiger partial charge in [0, 0.05) is 26.2 Å². The van der Waals surface area contributed by atoms with Gasteiger partial charge < -0.3 is 19.3 Å². The lowest BCUT2D eigenvalue weighted by Gasteiger charge is -2.26. The van der Waals surface area contributed by atoms with E-state index in [1.165, 1.54) is 0 Å². The molecule has 1 heterocycles. The van der Waals surface area contributed by atoms with Gasteiger partial charge in [-0.15, -0.1) is 0 Å². The third-order valence-electron chi connectivity index (χ3n) is 5.87. The number of rotatable bonds is 7. The highest BCUT2D eigenvalue weighted by molar-refractivity contribution is 5.81. The number of benzene rings is 2. The first kappa shape index (κ1) is 23.6. The van der Waals surface area contributed by atoms with E-state index in [-0.39, 0.29) is 11.8 Å². The van der Waals surface area contributed by atoms with Crippen LogP contribution in [-0.4, -0.2) is 61.0 Å². The summed E-state index contributed by atoms with van der Waals surface area (Å²) in [5.74, 6) is 1.90. The summed E-state index contributed by atoms with van der Waals surface area (Å²) in [7, 11) is 1.62. The van der Waals surface area contributed by atoms with Crippen LogP contribution in [0.4, 0.5) is 0 Å². The van der Waals surface area contributed by atoms with Crippen LogP contribution in [0.15, 0.2) is 48.5 Å². The average Bonchev–Trinajstić information content (AvgIpc) is 3.05. The molecule has 1 unspecified atom stereocenters. The van der Waals surface area contributed by atoms with Gasteiger partial charge in [-0.05, 0) is 48.6 Å². The molecule has 0 radical (unpaired) electrons. The molecule has 0 saturated carbocycles. The average molecular weight is 439 g/mol. The fourth-order valence-electron chi connectivity index (χ4n) is 3.98. The quantitative estimate of drug-likeness (QED) is 0.658. The van der Waals surface area contributed by atoms with Crippen LogP contribution in [0.1, 0.15) is 44.2 Å². The largest absolute Gasteiger partial charge is 0.497 e. The van der Waals surface area contributed by atoms with Gasteiger partial charge in [-0.1, -0.05) is 44.2 Å². The van der Waals surface area contributed by atoms with E-state index in [0.717, 1.165) is 29.0 Å². The second-order valence-corrected chi connectivity index (χ2v) is 8.54. The molecule has 1 aliphatic rings. The standard InChI is InChI=1S/C26H34N2O4/c1-19(2)23-8-5-6-9-24(23)32-20(3)26(30)28-15-7-14-27(16-17-28)25(29)18-21-10-12-22(31-4)13-11-21/h5-6,8-13,19-20H,7,14-18H2,1-4H3. The van der Waals surface area contributed by atoms with Crippen LogP contribution in [0.2, 0.25) is 0 Å². The minimum atomic E-state index is -0.573. The lowest BCUT2D eigenvalue weighted by atomic mass is 10.0. The zero-order chi connectivity index (χ0) is 23.1. The molecule has 6 nitrogen and oxygen atoms in total. The smallest absolute Gasteiger partial charge is 0.263 e. The number of carbonyl (C=O) groups excluding carboxylic acids is 2. The van der Waals surface area contributed by atoms with Crippen molar-refractivity contribution in [1.82, 2.24) is 9.80 Å². The molecule has 32 heavy (non-hydrogen) atoms. The van der Waals surface area contributed by atoms with Crippen molar-refractivity contribution in [3.8, 4) is 11.5 Å². The zero-order valence-electron chi connectivity index (χ0n) is 19.5. The fraction of sp³-hybridized carbons (Fsp3) is 0.462. The Labute approximate surface area is 191 Å². The molecule has 1 aliphatic heterocycles. The van der Waals surface area contributed by atoms with Crippen molar-refractivity contribution in [3.63, 3.8) is 0 Å². The lowest BCUT2D eigenvalue weighted by molar-refractivity contribution is -0.138. The molecule has 1 fully saturated rings. The van der Waals surface area contributed by atoms with Crippen molar-refractivity contribution in [2.45, 2.75) is 45.6 Å². The second kappa shape index (κ2) is 11.0. The number of para-hydroxylation sites is 1. The Balaban J connectivity index is 1.55. The molecule has 0 bridgehead atoms. The number of methoxy groups -OCH3 is 1. The van der Waals surface area contributed by atoms with Gasteiger partial charge >= 0.3 is 0 Å². The van der Waals surface area contributed by atoms with Gasteiger partial charge in [-0.2, -0.15) is 0 Å². The summed E-state index contributed by atoms with van der Waals surface area (Å²) in [6, 6.07) is 15.4. The maximum Gasteiger partial charge on any atom is 0.263 e. The Hall–Kier alpha value is -3.02. The summed E-state index contributed by atoms with van der Waals surface area (Å²) < 4.78 is 11.2. The molecule has 2 aromatic carbocycles. The Morgan fingerprint density at radius 1 is 0.906 bits per heavy atom. The second-order valence-electron chi connectivity index (χ2n) is 8.54. The summed E-state index contributed by atoms with van der Waals surface area (Å²) in [5.41, 5.74) is 2.05. The maximum absolute atomic E-state index is 13.0. The molecule has 0 spiro atoms.